The van der Waals surface area contributed by atoms with E-state index in [0.29, 0.717) is 13.0 Å². The first-order valence-corrected chi connectivity index (χ1v) is 8.85. The molecule has 0 bridgehead atoms. The maximum Gasteiger partial charge on any atom is 0.224 e. The zero-order chi connectivity index (χ0) is 19.2. The van der Waals surface area contributed by atoms with E-state index in [1.165, 1.54) is 0 Å². The van der Waals surface area contributed by atoms with Crippen molar-refractivity contribution in [2.45, 2.75) is 39.8 Å². The van der Waals surface area contributed by atoms with Crippen molar-refractivity contribution in [3.05, 3.63) is 76.9 Å². The lowest BCUT2D eigenvalue weighted by Gasteiger charge is -2.14. The Balaban J connectivity index is 1.52. The van der Waals surface area contributed by atoms with E-state index >= 15 is 0 Å². The number of hydrogen-bond donors (Lipinski definition) is 1. The Labute approximate surface area is 158 Å². The van der Waals surface area contributed by atoms with Gasteiger partial charge in [-0.3, -0.25) is 9.78 Å². The fourth-order valence-corrected chi connectivity index (χ4v) is 2.76. The molecule has 2 aromatic heterocycles. The average Bonchev–Trinajstić information content (AvgIpc) is 2.99. The van der Waals surface area contributed by atoms with Gasteiger partial charge in [0.05, 0.1) is 23.7 Å². The van der Waals surface area contributed by atoms with E-state index in [9.17, 15) is 4.79 Å². The van der Waals surface area contributed by atoms with Crippen LogP contribution in [0.5, 0.6) is 5.75 Å². The first kappa shape index (κ1) is 18.6. The summed E-state index contributed by atoms with van der Waals surface area (Å²) in [5.74, 6) is 1.47. The highest BCUT2D eigenvalue weighted by atomic mass is 16.5. The summed E-state index contributed by atoms with van der Waals surface area (Å²) in [6, 6.07) is 11.3. The first-order chi connectivity index (χ1) is 13.0. The highest BCUT2D eigenvalue weighted by Crippen LogP contribution is 2.18. The van der Waals surface area contributed by atoms with Crippen LogP contribution >= 0.6 is 0 Å². The summed E-state index contributed by atoms with van der Waals surface area (Å²) in [5, 5.41) is 6.91. The first-order valence-electron chi connectivity index (χ1n) is 8.85. The number of nitrogens with zero attached hydrogens (tertiary/aromatic N) is 2. The number of carbonyl (C=O) groups excluding carboxylic acids is 1. The molecule has 3 rings (SSSR count). The minimum Gasteiger partial charge on any atom is -0.489 e. The van der Waals surface area contributed by atoms with Gasteiger partial charge in [0.15, 0.2) is 0 Å². The van der Waals surface area contributed by atoms with Crippen molar-refractivity contribution in [3.8, 4) is 5.75 Å². The van der Waals surface area contributed by atoms with Crippen LogP contribution in [0.1, 0.15) is 41.1 Å². The molecular formula is C21H23N3O3. The van der Waals surface area contributed by atoms with Crippen LogP contribution in [-0.2, 0) is 17.8 Å². The molecule has 6 nitrogen and oxygen atoms in total. The molecule has 0 saturated heterocycles. The van der Waals surface area contributed by atoms with Crippen molar-refractivity contribution in [1.82, 2.24) is 15.5 Å². The number of aryl methyl sites for hydroxylation is 2. The van der Waals surface area contributed by atoms with Crippen molar-refractivity contribution >= 4 is 5.91 Å². The second-order valence-corrected chi connectivity index (χ2v) is 6.49. The molecule has 1 amide bonds. The molecule has 0 unspecified atom stereocenters. The third kappa shape index (κ3) is 4.94. The largest absolute Gasteiger partial charge is 0.489 e. The van der Waals surface area contributed by atoms with Gasteiger partial charge in [-0.2, -0.15) is 0 Å². The fraction of sp³-hybridized carbons (Fsp3) is 0.286. The van der Waals surface area contributed by atoms with Gasteiger partial charge in [-0.05, 0) is 50.1 Å². The predicted octanol–water partition coefficient (Wildman–Crippen LogP) is 3.69. The van der Waals surface area contributed by atoms with Crippen LogP contribution in [0.4, 0.5) is 0 Å². The number of rotatable bonds is 7. The number of aromatic nitrogens is 2. The van der Waals surface area contributed by atoms with Gasteiger partial charge in [0.25, 0.3) is 0 Å². The highest BCUT2D eigenvalue weighted by molar-refractivity contribution is 5.79. The third-order valence-corrected chi connectivity index (χ3v) is 4.41. The van der Waals surface area contributed by atoms with Crippen LogP contribution < -0.4 is 10.1 Å². The minimum absolute atomic E-state index is 0.0317. The molecule has 1 N–H and O–H groups in total. The van der Waals surface area contributed by atoms with Crippen molar-refractivity contribution in [1.29, 1.82) is 0 Å². The lowest BCUT2D eigenvalue weighted by atomic mass is 10.1. The molecule has 1 aromatic carbocycles. The van der Waals surface area contributed by atoms with Gasteiger partial charge in [-0.15, -0.1) is 0 Å². The molecular weight excluding hydrogens is 342 g/mol. The molecule has 2 heterocycles. The quantitative estimate of drug-likeness (QED) is 0.691. The number of nitrogens with one attached hydrogen (secondary N) is 1. The van der Waals surface area contributed by atoms with Crippen LogP contribution in [0, 0.1) is 13.8 Å². The monoisotopic (exact) mass is 365 g/mol. The van der Waals surface area contributed by atoms with Crippen LogP contribution in [0.3, 0.4) is 0 Å². The van der Waals surface area contributed by atoms with Gasteiger partial charge in [0.2, 0.25) is 5.91 Å². The van der Waals surface area contributed by atoms with E-state index in [1.54, 1.807) is 12.4 Å². The molecule has 0 fully saturated rings. The summed E-state index contributed by atoms with van der Waals surface area (Å²) in [6.07, 6.45) is 3.79. The smallest absolute Gasteiger partial charge is 0.224 e. The van der Waals surface area contributed by atoms with E-state index in [4.69, 9.17) is 9.26 Å². The summed E-state index contributed by atoms with van der Waals surface area (Å²) in [5.41, 5.74) is 3.70. The lowest BCUT2D eigenvalue weighted by Crippen LogP contribution is -2.28. The summed E-state index contributed by atoms with van der Waals surface area (Å²) in [6.45, 7) is 6.11. The molecule has 0 spiro atoms. The SMILES string of the molecule is Cc1noc(C)c1COc1ccc(CC(=O)N[C@H](C)c2cccnc2)cc1. The molecule has 27 heavy (non-hydrogen) atoms. The zero-order valence-electron chi connectivity index (χ0n) is 15.7. The van der Waals surface area contributed by atoms with Gasteiger partial charge in [-0.25, -0.2) is 0 Å². The Morgan fingerprint density at radius 2 is 2.00 bits per heavy atom. The third-order valence-electron chi connectivity index (χ3n) is 4.41. The van der Waals surface area contributed by atoms with Crippen LogP contribution in [-0.4, -0.2) is 16.0 Å². The standard InChI is InChI=1S/C21H23N3O3/c1-14(18-5-4-10-22-12-18)23-21(25)11-17-6-8-19(9-7-17)26-13-20-15(2)24-27-16(20)3/h4-10,12,14H,11,13H2,1-3H3,(H,23,25)/t14-/m1/s1. The van der Waals surface area contributed by atoms with E-state index in [-0.39, 0.29) is 11.9 Å². The fourth-order valence-electron chi connectivity index (χ4n) is 2.76. The molecule has 140 valence electrons. The molecule has 0 aliphatic carbocycles. The Morgan fingerprint density at radius 1 is 1.22 bits per heavy atom. The van der Waals surface area contributed by atoms with Crippen LogP contribution in [0.15, 0.2) is 53.3 Å². The number of amides is 1. The van der Waals surface area contributed by atoms with Crippen LogP contribution in [0.25, 0.3) is 0 Å². The van der Waals surface area contributed by atoms with Crippen LogP contribution in [0.2, 0.25) is 0 Å². The van der Waals surface area contributed by atoms with E-state index in [2.05, 4.69) is 15.5 Å². The maximum atomic E-state index is 12.3. The second kappa shape index (κ2) is 8.49. The van der Waals surface area contributed by atoms with Crippen molar-refractivity contribution in [3.63, 3.8) is 0 Å². The van der Waals surface area contributed by atoms with Gasteiger partial charge < -0.3 is 14.6 Å². The lowest BCUT2D eigenvalue weighted by molar-refractivity contribution is -0.121. The summed E-state index contributed by atoms with van der Waals surface area (Å²) in [7, 11) is 0. The summed E-state index contributed by atoms with van der Waals surface area (Å²) >= 11 is 0. The predicted molar refractivity (Wildman–Crippen MR) is 101 cm³/mol. The van der Waals surface area contributed by atoms with E-state index in [0.717, 1.165) is 33.9 Å². The van der Waals surface area contributed by atoms with Gasteiger partial charge in [0, 0.05) is 12.4 Å². The Bertz CT molecular complexity index is 869. The summed E-state index contributed by atoms with van der Waals surface area (Å²) in [4.78, 5) is 16.3. The Kier molecular flexibility index (Phi) is 5.86. The van der Waals surface area contributed by atoms with Crippen molar-refractivity contribution in [2.24, 2.45) is 0 Å². The van der Waals surface area contributed by atoms with Crippen molar-refractivity contribution < 1.29 is 14.1 Å². The van der Waals surface area contributed by atoms with Gasteiger partial charge in [0.1, 0.15) is 18.1 Å². The van der Waals surface area contributed by atoms with Gasteiger partial charge in [-0.1, -0.05) is 23.4 Å². The topological polar surface area (TPSA) is 77.2 Å². The number of benzene rings is 1. The number of carbonyl (C=O) groups is 1. The molecule has 1 atom stereocenters. The zero-order valence-corrected chi connectivity index (χ0v) is 15.7. The van der Waals surface area contributed by atoms with Gasteiger partial charge >= 0.3 is 0 Å². The second-order valence-electron chi connectivity index (χ2n) is 6.49. The average molecular weight is 365 g/mol. The summed E-state index contributed by atoms with van der Waals surface area (Å²) < 4.78 is 10.9. The minimum atomic E-state index is -0.0798. The molecule has 0 radical (unpaired) electrons. The molecule has 3 aromatic rings. The highest BCUT2D eigenvalue weighted by Gasteiger charge is 2.11. The Morgan fingerprint density at radius 3 is 2.63 bits per heavy atom. The van der Waals surface area contributed by atoms with E-state index < -0.39 is 0 Å². The van der Waals surface area contributed by atoms with E-state index in [1.807, 2.05) is 57.2 Å². The number of hydrogen-bond acceptors (Lipinski definition) is 5. The molecule has 0 saturated carbocycles. The number of ether oxygens (including phenoxy) is 1. The molecule has 0 aliphatic rings. The maximum absolute atomic E-state index is 12.3. The number of pyridine rings is 1. The van der Waals surface area contributed by atoms with Crippen molar-refractivity contribution in [2.75, 3.05) is 0 Å². The Hall–Kier alpha value is -3.15. The molecule has 0 aliphatic heterocycles. The normalized spacial score (nSPS) is 11.8. The molecule has 6 heteroatoms.